The number of rotatable bonds is 5. The van der Waals surface area contributed by atoms with Gasteiger partial charge in [-0.2, -0.15) is 5.10 Å². The van der Waals surface area contributed by atoms with Gasteiger partial charge in [-0.05, 0) is 59.8 Å². The second-order valence-electron chi connectivity index (χ2n) is 5.90. The highest BCUT2D eigenvalue weighted by atomic mass is 32.1. The normalized spacial score (nSPS) is 10.5. The van der Waals surface area contributed by atoms with Crippen molar-refractivity contribution in [2.45, 2.75) is 6.92 Å². The molecule has 0 aliphatic rings. The van der Waals surface area contributed by atoms with E-state index < -0.39 is 17.8 Å². The fourth-order valence-electron chi connectivity index (χ4n) is 2.28. The minimum atomic E-state index is -0.883. The molecule has 1 heterocycles. The van der Waals surface area contributed by atoms with E-state index in [0.717, 1.165) is 5.56 Å². The van der Waals surface area contributed by atoms with Gasteiger partial charge in [0.05, 0.1) is 6.21 Å². The standard InChI is InChI=1S/C21H17N3O4S/c1-14-5-2-3-6-17(14)23-19(25)20(26)24-22-13-15-8-10-16(11-9-15)28-21(27)18-7-4-12-29-18/h2-13H,1H3,(H,23,25)(H,24,26). The number of hydrazone groups is 1. The Balaban J connectivity index is 1.50. The van der Waals surface area contributed by atoms with Crippen LogP contribution in [0.25, 0.3) is 0 Å². The molecule has 7 nitrogen and oxygen atoms in total. The number of anilines is 1. The summed E-state index contributed by atoms with van der Waals surface area (Å²) in [5.74, 6) is -1.73. The Morgan fingerprint density at radius 2 is 1.72 bits per heavy atom. The Labute approximate surface area is 171 Å². The molecule has 2 N–H and O–H groups in total. The molecule has 29 heavy (non-hydrogen) atoms. The van der Waals surface area contributed by atoms with E-state index >= 15 is 0 Å². The lowest BCUT2D eigenvalue weighted by atomic mass is 10.2. The minimum Gasteiger partial charge on any atom is -0.422 e. The molecule has 0 spiro atoms. The van der Waals surface area contributed by atoms with E-state index in [0.29, 0.717) is 21.9 Å². The second-order valence-corrected chi connectivity index (χ2v) is 6.85. The molecule has 8 heteroatoms. The number of ether oxygens (including phenoxy) is 1. The van der Waals surface area contributed by atoms with Gasteiger partial charge >= 0.3 is 17.8 Å². The SMILES string of the molecule is Cc1ccccc1NC(=O)C(=O)NN=Cc1ccc(OC(=O)c2cccs2)cc1. The van der Waals surface area contributed by atoms with Crippen molar-refractivity contribution in [1.82, 2.24) is 5.43 Å². The predicted octanol–water partition coefficient (Wildman–Crippen LogP) is 3.36. The molecule has 3 aromatic rings. The van der Waals surface area contributed by atoms with Crippen molar-refractivity contribution in [1.29, 1.82) is 0 Å². The average molecular weight is 407 g/mol. The van der Waals surface area contributed by atoms with Gasteiger partial charge in [0.25, 0.3) is 0 Å². The maximum absolute atomic E-state index is 11.9. The van der Waals surface area contributed by atoms with Crippen molar-refractivity contribution in [3.8, 4) is 5.75 Å². The summed E-state index contributed by atoms with van der Waals surface area (Å²) in [4.78, 5) is 36.2. The van der Waals surface area contributed by atoms with Crippen LogP contribution in [0.15, 0.2) is 71.1 Å². The van der Waals surface area contributed by atoms with Crippen LogP contribution in [0.3, 0.4) is 0 Å². The molecule has 0 atom stereocenters. The van der Waals surface area contributed by atoms with Crippen LogP contribution in [0, 0.1) is 6.92 Å². The number of nitrogens with one attached hydrogen (secondary N) is 2. The number of para-hydroxylation sites is 1. The van der Waals surface area contributed by atoms with E-state index in [4.69, 9.17) is 4.74 Å². The van der Waals surface area contributed by atoms with Gasteiger partial charge in [0.1, 0.15) is 10.6 Å². The van der Waals surface area contributed by atoms with Crippen LogP contribution in [-0.4, -0.2) is 24.0 Å². The number of esters is 1. The molecule has 0 bridgehead atoms. The van der Waals surface area contributed by atoms with E-state index in [-0.39, 0.29) is 0 Å². The summed E-state index contributed by atoms with van der Waals surface area (Å²) < 4.78 is 5.26. The first-order chi connectivity index (χ1) is 14.0. The number of benzene rings is 2. The molecule has 0 radical (unpaired) electrons. The van der Waals surface area contributed by atoms with Crippen LogP contribution < -0.4 is 15.5 Å². The third kappa shape index (κ3) is 5.60. The Morgan fingerprint density at radius 1 is 0.966 bits per heavy atom. The maximum atomic E-state index is 11.9. The van der Waals surface area contributed by atoms with E-state index in [1.165, 1.54) is 17.6 Å². The van der Waals surface area contributed by atoms with Gasteiger partial charge in [-0.3, -0.25) is 9.59 Å². The third-order valence-corrected chi connectivity index (χ3v) is 4.64. The molecule has 1 aromatic heterocycles. The van der Waals surface area contributed by atoms with Gasteiger partial charge < -0.3 is 10.1 Å². The van der Waals surface area contributed by atoms with E-state index in [1.54, 1.807) is 53.9 Å². The van der Waals surface area contributed by atoms with Crippen LogP contribution in [0.4, 0.5) is 5.69 Å². The summed E-state index contributed by atoms with van der Waals surface area (Å²) in [6, 6.07) is 17.1. The van der Waals surface area contributed by atoms with Gasteiger partial charge in [0.2, 0.25) is 0 Å². The summed E-state index contributed by atoms with van der Waals surface area (Å²) in [7, 11) is 0. The molecular formula is C21H17N3O4S. The fourth-order valence-corrected chi connectivity index (χ4v) is 2.88. The molecule has 0 unspecified atom stereocenters. The van der Waals surface area contributed by atoms with Gasteiger partial charge in [0.15, 0.2) is 0 Å². The molecule has 0 aliphatic heterocycles. The molecule has 0 saturated carbocycles. The van der Waals surface area contributed by atoms with Crippen molar-refractivity contribution in [2.24, 2.45) is 5.10 Å². The van der Waals surface area contributed by atoms with Crippen LogP contribution in [0.1, 0.15) is 20.8 Å². The number of hydrogen-bond donors (Lipinski definition) is 2. The lowest BCUT2D eigenvalue weighted by Crippen LogP contribution is -2.32. The van der Waals surface area contributed by atoms with Crippen molar-refractivity contribution in [3.63, 3.8) is 0 Å². The molecule has 3 rings (SSSR count). The van der Waals surface area contributed by atoms with Crippen molar-refractivity contribution >= 4 is 41.0 Å². The van der Waals surface area contributed by atoms with Crippen LogP contribution in [0.2, 0.25) is 0 Å². The van der Waals surface area contributed by atoms with Gasteiger partial charge in [-0.25, -0.2) is 10.2 Å². The number of nitrogens with zero attached hydrogens (tertiary/aromatic N) is 1. The summed E-state index contributed by atoms with van der Waals surface area (Å²) in [5.41, 5.74) is 4.23. The molecular weight excluding hydrogens is 390 g/mol. The average Bonchev–Trinajstić information content (AvgIpc) is 3.26. The zero-order valence-corrected chi connectivity index (χ0v) is 16.2. The number of carbonyl (C=O) groups excluding carboxylic acids is 3. The first-order valence-electron chi connectivity index (χ1n) is 8.58. The van der Waals surface area contributed by atoms with Crippen molar-refractivity contribution in [3.05, 3.63) is 82.0 Å². The molecule has 2 amide bonds. The maximum Gasteiger partial charge on any atom is 0.353 e. The fraction of sp³-hybridized carbons (Fsp3) is 0.0476. The number of thiophene rings is 1. The number of hydrogen-bond acceptors (Lipinski definition) is 6. The van der Waals surface area contributed by atoms with E-state index in [9.17, 15) is 14.4 Å². The Morgan fingerprint density at radius 3 is 2.41 bits per heavy atom. The van der Waals surface area contributed by atoms with E-state index in [2.05, 4.69) is 15.8 Å². The highest BCUT2D eigenvalue weighted by Gasteiger charge is 2.13. The molecule has 0 saturated heterocycles. The Bertz CT molecular complexity index is 1040. The largest absolute Gasteiger partial charge is 0.422 e. The number of carbonyl (C=O) groups is 3. The van der Waals surface area contributed by atoms with E-state index in [1.807, 2.05) is 19.1 Å². The van der Waals surface area contributed by atoms with Crippen molar-refractivity contribution in [2.75, 3.05) is 5.32 Å². The molecule has 0 fully saturated rings. The smallest absolute Gasteiger partial charge is 0.353 e. The quantitative estimate of drug-likeness (QED) is 0.223. The lowest BCUT2D eigenvalue weighted by molar-refractivity contribution is -0.136. The highest BCUT2D eigenvalue weighted by Crippen LogP contribution is 2.16. The number of aryl methyl sites for hydroxylation is 1. The monoisotopic (exact) mass is 407 g/mol. The first kappa shape index (κ1) is 20.0. The summed E-state index contributed by atoms with van der Waals surface area (Å²) in [6.45, 7) is 1.83. The summed E-state index contributed by atoms with van der Waals surface area (Å²) in [6.07, 6.45) is 1.38. The molecule has 146 valence electrons. The van der Waals surface area contributed by atoms with Gasteiger partial charge in [-0.15, -0.1) is 11.3 Å². The molecule has 2 aromatic carbocycles. The predicted molar refractivity (Wildman–Crippen MR) is 111 cm³/mol. The van der Waals surface area contributed by atoms with Gasteiger partial charge in [-0.1, -0.05) is 24.3 Å². The summed E-state index contributed by atoms with van der Waals surface area (Å²) in [5, 5.41) is 8.09. The van der Waals surface area contributed by atoms with Crippen molar-refractivity contribution < 1.29 is 19.1 Å². The Kier molecular flexibility index (Phi) is 6.49. The number of amides is 2. The summed E-state index contributed by atoms with van der Waals surface area (Å²) >= 11 is 1.30. The van der Waals surface area contributed by atoms with Crippen LogP contribution >= 0.6 is 11.3 Å². The topological polar surface area (TPSA) is 96.9 Å². The molecule has 0 aliphatic carbocycles. The van der Waals surface area contributed by atoms with Gasteiger partial charge in [0, 0.05) is 5.69 Å². The third-order valence-electron chi connectivity index (χ3n) is 3.79. The zero-order chi connectivity index (χ0) is 20.6. The Hall–Kier alpha value is -3.78. The first-order valence-corrected chi connectivity index (χ1v) is 9.46. The minimum absolute atomic E-state index is 0.391. The second kappa shape index (κ2) is 9.43. The highest BCUT2D eigenvalue weighted by molar-refractivity contribution is 7.12. The lowest BCUT2D eigenvalue weighted by Gasteiger charge is -2.06. The zero-order valence-electron chi connectivity index (χ0n) is 15.4. The van der Waals surface area contributed by atoms with Crippen LogP contribution in [0.5, 0.6) is 5.75 Å². The van der Waals surface area contributed by atoms with Crippen LogP contribution in [-0.2, 0) is 9.59 Å².